The Morgan fingerprint density at radius 1 is 1.17 bits per heavy atom. The summed E-state index contributed by atoms with van der Waals surface area (Å²) < 4.78 is 0. The lowest BCUT2D eigenvalue weighted by Gasteiger charge is -2.18. The molecule has 1 unspecified atom stereocenters. The normalized spacial score (nSPS) is 13.8. The first-order valence-corrected chi connectivity index (χ1v) is 8.14. The van der Waals surface area contributed by atoms with Gasteiger partial charge in [0.05, 0.1) is 0 Å². The van der Waals surface area contributed by atoms with E-state index in [1.165, 1.54) is 35.4 Å². The zero-order chi connectivity index (χ0) is 13.6. The number of hydrogen-bond donors (Lipinski definition) is 1. The van der Waals surface area contributed by atoms with E-state index >= 15 is 0 Å². The Hall–Kier alpha value is -0.340. The van der Waals surface area contributed by atoms with Crippen LogP contribution in [0.3, 0.4) is 0 Å². The highest BCUT2D eigenvalue weighted by Crippen LogP contribution is 2.33. The van der Waals surface area contributed by atoms with E-state index in [-0.39, 0.29) is 5.41 Å². The summed E-state index contributed by atoms with van der Waals surface area (Å²) >= 11 is 1.98. The molecule has 1 N–H and O–H groups in total. The first-order valence-electron chi connectivity index (χ1n) is 7.32. The SMILES string of the molecule is CCCCCC(NCC)c1ccc(C(C)(C)C)s1. The van der Waals surface area contributed by atoms with Crippen LogP contribution < -0.4 is 5.32 Å². The molecule has 1 heterocycles. The highest BCUT2D eigenvalue weighted by molar-refractivity contribution is 7.12. The van der Waals surface area contributed by atoms with Gasteiger partial charge in [0, 0.05) is 15.8 Å². The summed E-state index contributed by atoms with van der Waals surface area (Å²) in [5.74, 6) is 0. The van der Waals surface area contributed by atoms with Crippen LogP contribution in [0.5, 0.6) is 0 Å². The monoisotopic (exact) mass is 267 g/mol. The van der Waals surface area contributed by atoms with Crippen LogP contribution in [-0.4, -0.2) is 6.54 Å². The van der Waals surface area contributed by atoms with E-state index in [1.54, 1.807) is 0 Å². The molecule has 0 bridgehead atoms. The predicted molar refractivity (Wildman–Crippen MR) is 83.6 cm³/mol. The van der Waals surface area contributed by atoms with Gasteiger partial charge in [-0.15, -0.1) is 11.3 Å². The van der Waals surface area contributed by atoms with Gasteiger partial charge in [0.15, 0.2) is 0 Å². The molecule has 0 aliphatic rings. The summed E-state index contributed by atoms with van der Waals surface area (Å²) in [6, 6.07) is 5.19. The van der Waals surface area contributed by atoms with Gasteiger partial charge in [-0.05, 0) is 30.5 Å². The Bertz CT molecular complexity index is 335. The maximum atomic E-state index is 3.63. The summed E-state index contributed by atoms with van der Waals surface area (Å²) in [4.78, 5) is 3.01. The van der Waals surface area contributed by atoms with E-state index in [2.05, 4.69) is 52.1 Å². The minimum Gasteiger partial charge on any atom is -0.310 e. The van der Waals surface area contributed by atoms with Crippen LogP contribution in [0.1, 0.15) is 76.1 Å². The summed E-state index contributed by atoms with van der Waals surface area (Å²) in [5, 5.41) is 3.63. The lowest BCUT2D eigenvalue weighted by Crippen LogP contribution is -2.19. The van der Waals surface area contributed by atoms with E-state index in [0.717, 1.165) is 6.54 Å². The van der Waals surface area contributed by atoms with Crippen molar-refractivity contribution in [2.45, 2.75) is 71.8 Å². The predicted octanol–water partition coefficient (Wildman–Crippen LogP) is 5.28. The van der Waals surface area contributed by atoms with Gasteiger partial charge in [0.1, 0.15) is 0 Å². The van der Waals surface area contributed by atoms with Crippen molar-refractivity contribution in [2.24, 2.45) is 0 Å². The average molecular weight is 267 g/mol. The van der Waals surface area contributed by atoms with Crippen LogP contribution in [0.25, 0.3) is 0 Å². The molecule has 0 aliphatic heterocycles. The van der Waals surface area contributed by atoms with Crippen LogP contribution >= 0.6 is 11.3 Å². The third kappa shape index (κ3) is 4.74. The van der Waals surface area contributed by atoms with E-state index in [0.29, 0.717) is 6.04 Å². The number of thiophene rings is 1. The van der Waals surface area contributed by atoms with Crippen LogP contribution in [0.4, 0.5) is 0 Å². The van der Waals surface area contributed by atoms with E-state index in [4.69, 9.17) is 0 Å². The fourth-order valence-electron chi connectivity index (χ4n) is 2.13. The van der Waals surface area contributed by atoms with Gasteiger partial charge < -0.3 is 5.32 Å². The van der Waals surface area contributed by atoms with Crippen molar-refractivity contribution >= 4 is 11.3 Å². The van der Waals surface area contributed by atoms with Crippen molar-refractivity contribution in [2.75, 3.05) is 6.54 Å². The fraction of sp³-hybridized carbons (Fsp3) is 0.750. The van der Waals surface area contributed by atoms with Gasteiger partial charge >= 0.3 is 0 Å². The number of rotatable bonds is 7. The van der Waals surface area contributed by atoms with E-state index in [9.17, 15) is 0 Å². The largest absolute Gasteiger partial charge is 0.310 e. The summed E-state index contributed by atoms with van der Waals surface area (Å²) in [6.45, 7) is 12.4. The quantitative estimate of drug-likeness (QED) is 0.663. The van der Waals surface area contributed by atoms with Crippen molar-refractivity contribution in [3.8, 4) is 0 Å². The zero-order valence-electron chi connectivity index (χ0n) is 12.7. The Morgan fingerprint density at radius 3 is 2.39 bits per heavy atom. The number of nitrogens with one attached hydrogen (secondary N) is 1. The molecular weight excluding hydrogens is 238 g/mol. The maximum absolute atomic E-state index is 3.63. The van der Waals surface area contributed by atoms with E-state index < -0.39 is 0 Å². The zero-order valence-corrected chi connectivity index (χ0v) is 13.5. The molecule has 1 aromatic rings. The molecule has 0 saturated carbocycles. The molecule has 0 aromatic carbocycles. The highest BCUT2D eigenvalue weighted by Gasteiger charge is 2.19. The summed E-state index contributed by atoms with van der Waals surface area (Å²) in [6.07, 6.45) is 5.25. The van der Waals surface area contributed by atoms with Crippen LogP contribution in [-0.2, 0) is 5.41 Å². The lowest BCUT2D eigenvalue weighted by atomic mass is 9.95. The molecule has 0 radical (unpaired) electrons. The Kier molecular flexibility index (Phi) is 6.37. The molecule has 2 heteroatoms. The smallest absolute Gasteiger partial charge is 0.0414 e. The van der Waals surface area contributed by atoms with Crippen LogP contribution in [0, 0.1) is 0 Å². The molecule has 0 spiro atoms. The standard InChI is InChI=1S/C16H29NS/c1-6-8-9-10-13(17-7-2)14-11-12-15(18-14)16(3,4)5/h11-13,17H,6-10H2,1-5H3. The molecule has 1 rings (SSSR count). The molecule has 1 aromatic heterocycles. The first-order chi connectivity index (χ1) is 8.49. The molecule has 0 fully saturated rings. The summed E-state index contributed by atoms with van der Waals surface area (Å²) in [7, 11) is 0. The fourth-order valence-corrected chi connectivity index (χ4v) is 3.31. The first kappa shape index (κ1) is 15.7. The second kappa shape index (κ2) is 7.30. The highest BCUT2D eigenvalue weighted by atomic mass is 32.1. The van der Waals surface area contributed by atoms with Gasteiger partial charge in [-0.25, -0.2) is 0 Å². The van der Waals surface area contributed by atoms with Gasteiger partial charge in [0.2, 0.25) is 0 Å². The lowest BCUT2D eigenvalue weighted by molar-refractivity contribution is 0.493. The minimum absolute atomic E-state index is 0.281. The van der Waals surface area contributed by atoms with Crippen molar-refractivity contribution in [1.29, 1.82) is 0 Å². The van der Waals surface area contributed by atoms with E-state index in [1.807, 2.05) is 11.3 Å². The molecule has 18 heavy (non-hydrogen) atoms. The molecule has 0 aliphatic carbocycles. The second-order valence-electron chi connectivity index (χ2n) is 6.06. The minimum atomic E-state index is 0.281. The van der Waals surface area contributed by atoms with Gasteiger partial charge in [0.25, 0.3) is 0 Å². The van der Waals surface area contributed by atoms with Crippen molar-refractivity contribution < 1.29 is 0 Å². The molecule has 1 atom stereocenters. The van der Waals surface area contributed by atoms with Crippen molar-refractivity contribution in [1.82, 2.24) is 5.32 Å². The van der Waals surface area contributed by atoms with Crippen LogP contribution in [0.2, 0.25) is 0 Å². The van der Waals surface area contributed by atoms with Gasteiger partial charge in [-0.1, -0.05) is 53.9 Å². The third-order valence-electron chi connectivity index (χ3n) is 3.26. The molecule has 104 valence electrons. The summed E-state index contributed by atoms with van der Waals surface area (Å²) in [5.41, 5.74) is 0.281. The topological polar surface area (TPSA) is 12.0 Å². The maximum Gasteiger partial charge on any atom is 0.0414 e. The van der Waals surface area contributed by atoms with Crippen molar-refractivity contribution in [3.63, 3.8) is 0 Å². The molecule has 1 nitrogen and oxygen atoms in total. The third-order valence-corrected chi connectivity index (χ3v) is 4.88. The molecule has 0 saturated heterocycles. The van der Waals surface area contributed by atoms with Crippen LogP contribution in [0.15, 0.2) is 12.1 Å². The van der Waals surface area contributed by atoms with Gasteiger partial charge in [-0.3, -0.25) is 0 Å². The average Bonchev–Trinajstić information content (AvgIpc) is 2.77. The Morgan fingerprint density at radius 2 is 1.89 bits per heavy atom. The Labute approximate surface area is 117 Å². The van der Waals surface area contributed by atoms with Crippen molar-refractivity contribution in [3.05, 3.63) is 21.9 Å². The molecular formula is C16H29NS. The number of unbranched alkanes of at least 4 members (excludes halogenated alkanes) is 2. The van der Waals surface area contributed by atoms with Gasteiger partial charge in [-0.2, -0.15) is 0 Å². The molecule has 0 amide bonds. The Balaban J connectivity index is 2.70. The second-order valence-corrected chi connectivity index (χ2v) is 7.17. The number of hydrogen-bond acceptors (Lipinski definition) is 2.